The molecule has 0 amide bonds. The number of aromatic nitrogens is 1. The predicted octanol–water partition coefficient (Wildman–Crippen LogP) is 5.42. The second kappa shape index (κ2) is 6.46. The first-order valence-electron chi connectivity index (χ1n) is 7.81. The number of nitrogens with zero attached hydrogens (tertiary/aromatic N) is 1. The Morgan fingerprint density at radius 3 is 2.45 bits per heavy atom. The zero-order valence-electron chi connectivity index (χ0n) is 13.2. The number of rotatable bonds is 3. The van der Waals surface area contributed by atoms with Gasteiger partial charge in [-0.15, -0.1) is 0 Å². The zero-order chi connectivity index (χ0) is 14.8. The zero-order valence-corrected chi connectivity index (χ0v) is 14.8. The normalized spacial score (nSPS) is 23.6. The number of hydrogen-bond donors (Lipinski definition) is 1. The van der Waals surface area contributed by atoms with Gasteiger partial charge < -0.3 is 5.32 Å². The lowest BCUT2D eigenvalue weighted by molar-refractivity contribution is 0.173. The van der Waals surface area contributed by atoms with Crippen molar-refractivity contribution in [1.29, 1.82) is 0 Å². The highest BCUT2D eigenvalue weighted by Crippen LogP contribution is 2.39. The van der Waals surface area contributed by atoms with Gasteiger partial charge >= 0.3 is 0 Å². The minimum atomic E-state index is 0.456. The second-order valence-corrected chi connectivity index (χ2v) is 7.82. The van der Waals surface area contributed by atoms with E-state index in [1.807, 2.05) is 6.20 Å². The van der Waals surface area contributed by atoms with Crippen molar-refractivity contribution in [3.8, 4) is 0 Å². The summed E-state index contributed by atoms with van der Waals surface area (Å²) in [5.74, 6) is 0.868. The number of halogens is 1. The van der Waals surface area contributed by atoms with E-state index in [0.29, 0.717) is 11.5 Å². The maximum absolute atomic E-state index is 4.41. The van der Waals surface area contributed by atoms with E-state index in [-0.39, 0.29) is 0 Å². The standard InChI is InChI=1S/C17H27BrN2/c1-5-14-16(18)15(10-11-19-14)20-13-8-6-12(7-9-13)17(2,3)4/h10-13H,5-9H2,1-4H3,(H,19,20)/t12-,13-. The molecule has 0 aliphatic heterocycles. The van der Waals surface area contributed by atoms with Crippen LogP contribution in [-0.4, -0.2) is 11.0 Å². The average molecular weight is 339 g/mol. The molecule has 1 N–H and O–H groups in total. The van der Waals surface area contributed by atoms with Crippen LogP contribution in [0.15, 0.2) is 16.7 Å². The molecule has 0 spiro atoms. The fourth-order valence-corrected chi connectivity index (χ4v) is 3.80. The summed E-state index contributed by atoms with van der Waals surface area (Å²) in [5, 5.41) is 3.71. The van der Waals surface area contributed by atoms with Crippen LogP contribution in [0.2, 0.25) is 0 Å². The van der Waals surface area contributed by atoms with E-state index in [0.717, 1.165) is 22.5 Å². The maximum atomic E-state index is 4.41. The second-order valence-electron chi connectivity index (χ2n) is 7.03. The lowest BCUT2D eigenvalue weighted by atomic mass is 9.71. The molecule has 0 atom stereocenters. The Morgan fingerprint density at radius 2 is 1.90 bits per heavy atom. The Morgan fingerprint density at radius 1 is 1.25 bits per heavy atom. The van der Waals surface area contributed by atoms with E-state index in [1.54, 1.807) is 0 Å². The van der Waals surface area contributed by atoms with E-state index >= 15 is 0 Å². The summed E-state index contributed by atoms with van der Waals surface area (Å²) >= 11 is 3.69. The van der Waals surface area contributed by atoms with E-state index in [9.17, 15) is 0 Å². The van der Waals surface area contributed by atoms with Crippen LogP contribution < -0.4 is 5.32 Å². The lowest BCUT2D eigenvalue weighted by Crippen LogP contribution is -2.31. The number of anilines is 1. The third-order valence-electron chi connectivity index (χ3n) is 4.61. The molecule has 0 radical (unpaired) electrons. The summed E-state index contributed by atoms with van der Waals surface area (Å²) in [6.07, 6.45) is 8.10. The minimum absolute atomic E-state index is 0.456. The van der Waals surface area contributed by atoms with Crippen molar-refractivity contribution in [1.82, 2.24) is 4.98 Å². The molecule has 0 aromatic carbocycles. The van der Waals surface area contributed by atoms with Crippen LogP contribution in [-0.2, 0) is 6.42 Å². The van der Waals surface area contributed by atoms with Crippen LogP contribution in [0.5, 0.6) is 0 Å². The molecule has 0 saturated heterocycles. The van der Waals surface area contributed by atoms with E-state index in [1.165, 1.54) is 31.4 Å². The van der Waals surface area contributed by atoms with Crippen LogP contribution in [0.1, 0.15) is 59.1 Å². The third-order valence-corrected chi connectivity index (χ3v) is 5.49. The van der Waals surface area contributed by atoms with Gasteiger partial charge in [0.2, 0.25) is 0 Å². The fraction of sp³-hybridized carbons (Fsp3) is 0.706. The largest absolute Gasteiger partial charge is 0.381 e. The minimum Gasteiger partial charge on any atom is -0.381 e. The molecule has 1 aliphatic carbocycles. The number of hydrogen-bond acceptors (Lipinski definition) is 2. The number of nitrogens with one attached hydrogen (secondary N) is 1. The van der Waals surface area contributed by atoms with Gasteiger partial charge in [0, 0.05) is 12.2 Å². The van der Waals surface area contributed by atoms with E-state index < -0.39 is 0 Å². The third kappa shape index (κ3) is 3.75. The Bertz CT molecular complexity index is 443. The molecule has 2 rings (SSSR count). The van der Waals surface area contributed by atoms with Crippen LogP contribution in [0.3, 0.4) is 0 Å². The van der Waals surface area contributed by atoms with Gasteiger partial charge in [-0.1, -0.05) is 27.7 Å². The SMILES string of the molecule is CCc1nccc(N[C@H]2CC[C@H](C(C)(C)C)CC2)c1Br. The summed E-state index contributed by atoms with van der Waals surface area (Å²) in [5.41, 5.74) is 2.80. The molecule has 3 heteroatoms. The van der Waals surface area contributed by atoms with Crippen molar-refractivity contribution >= 4 is 21.6 Å². The molecule has 112 valence electrons. The first kappa shape index (κ1) is 15.8. The first-order chi connectivity index (χ1) is 9.41. The average Bonchev–Trinajstić information content (AvgIpc) is 2.41. The molecule has 1 aliphatic rings. The molecule has 0 unspecified atom stereocenters. The topological polar surface area (TPSA) is 24.9 Å². The van der Waals surface area contributed by atoms with Crippen LogP contribution in [0.4, 0.5) is 5.69 Å². The quantitative estimate of drug-likeness (QED) is 0.795. The summed E-state index contributed by atoms with van der Waals surface area (Å²) in [4.78, 5) is 4.41. The Kier molecular flexibility index (Phi) is 5.11. The van der Waals surface area contributed by atoms with Crippen molar-refractivity contribution in [3.05, 3.63) is 22.4 Å². The Balaban J connectivity index is 1.96. The van der Waals surface area contributed by atoms with Gasteiger partial charge in [0.25, 0.3) is 0 Å². The number of pyridine rings is 1. The molecule has 2 nitrogen and oxygen atoms in total. The van der Waals surface area contributed by atoms with E-state index in [2.05, 4.69) is 60.0 Å². The monoisotopic (exact) mass is 338 g/mol. The predicted molar refractivity (Wildman–Crippen MR) is 90.1 cm³/mol. The Labute approximate surface area is 131 Å². The molecular formula is C17H27BrN2. The summed E-state index contributed by atoms with van der Waals surface area (Å²) in [6, 6.07) is 2.69. The molecule has 20 heavy (non-hydrogen) atoms. The van der Waals surface area contributed by atoms with Gasteiger partial charge in [-0.05, 0) is 65.4 Å². The first-order valence-corrected chi connectivity index (χ1v) is 8.61. The summed E-state index contributed by atoms with van der Waals surface area (Å²) < 4.78 is 1.14. The van der Waals surface area contributed by atoms with Gasteiger partial charge in [0.15, 0.2) is 0 Å². The Hall–Kier alpha value is -0.570. The van der Waals surface area contributed by atoms with Crippen molar-refractivity contribution in [3.63, 3.8) is 0 Å². The molecule has 0 bridgehead atoms. The highest BCUT2D eigenvalue weighted by Gasteiger charge is 2.29. The molecule has 1 aromatic heterocycles. The van der Waals surface area contributed by atoms with Crippen molar-refractivity contribution in [2.75, 3.05) is 5.32 Å². The van der Waals surface area contributed by atoms with E-state index in [4.69, 9.17) is 0 Å². The van der Waals surface area contributed by atoms with Crippen LogP contribution in [0.25, 0.3) is 0 Å². The van der Waals surface area contributed by atoms with Gasteiger partial charge in [0.1, 0.15) is 0 Å². The highest BCUT2D eigenvalue weighted by molar-refractivity contribution is 9.10. The molecule has 1 heterocycles. The maximum Gasteiger partial charge on any atom is 0.0622 e. The van der Waals surface area contributed by atoms with Crippen molar-refractivity contribution in [2.45, 2.75) is 65.8 Å². The highest BCUT2D eigenvalue weighted by atomic mass is 79.9. The van der Waals surface area contributed by atoms with Crippen molar-refractivity contribution < 1.29 is 0 Å². The molecular weight excluding hydrogens is 312 g/mol. The van der Waals surface area contributed by atoms with Crippen molar-refractivity contribution in [2.24, 2.45) is 11.3 Å². The summed E-state index contributed by atoms with van der Waals surface area (Å²) in [6.45, 7) is 9.26. The molecule has 1 saturated carbocycles. The smallest absolute Gasteiger partial charge is 0.0622 e. The van der Waals surface area contributed by atoms with Gasteiger partial charge in [-0.3, -0.25) is 4.98 Å². The fourth-order valence-electron chi connectivity index (χ4n) is 3.17. The van der Waals surface area contributed by atoms with Gasteiger partial charge in [-0.25, -0.2) is 0 Å². The van der Waals surface area contributed by atoms with Crippen LogP contribution in [0, 0.1) is 11.3 Å². The number of aryl methyl sites for hydroxylation is 1. The van der Waals surface area contributed by atoms with Crippen LogP contribution >= 0.6 is 15.9 Å². The van der Waals surface area contributed by atoms with Gasteiger partial charge in [-0.2, -0.15) is 0 Å². The lowest BCUT2D eigenvalue weighted by Gasteiger charge is -2.37. The van der Waals surface area contributed by atoms with Gasteiger partial charge in [0.05, 0.1) is 15.9 Å². The summed E-state index contributed by atoms with van der Waals surface area (Å²) in [7, 11) is 0. The molecule has 1 aromatic rings. The molecule has 1 fully saturated rings.